The van der Waals surface area contributed by atoms with E-state index in [1.807, 2.05) is 40.9 Å². The van der Waals surface area contributed by atoms with Gasteiger partial charge in [-0.3, -0.25) is 9.48 Å². The number of aromatic amines is 1. The minimum absolute atomic E-state index is 0.0956. The van der Waals surface area contributed by atoms with Crippen LogP contribution >= 0.6 is 0 Å². The van der Waals surface area contributed by atoms with Crippen molar-refractivity contribution < 1.29 is 4.79 Å². The number of rotatable bonds is 2. The first-order chi connectivity index (χ1) is 11.7. The van der Waals surface area contributed by atoms with Crippen molar-refractivity contribution in [2.24, 2.45) is 7.05 Å². The van der Waals surface area contributed by atoms with Crippen LogP contribution in [-0.2, 0) is 19.9 Å². The zero-order valence-electron chi connectivity index (χ0n) is 13.7. The molecule has 122 valence electrons. The van der Waals surface area contributed by atoms with Gasteiger partial charge in [0.2, 0.25) is 0 Å². The number of carbonyl (C=O) groups excluding carboxylic acids is 1. The lowest BCUT2D eigenvalue weighted by Crippen LogP contribution is -2.33. The second-order valence-electron chi connectivity index (χ2n) is 6.16. The van der Waals surface area contributed by atoms with Crippen LogP contribution in [0.15, 0.2) is 48.8 Å². The smallest absolute Gasteiger partial charge is 0.255 e. The van der Waals surface area contributed by atoms with Crippen LogP contribution in [-0.4, -0.2) is 38.7 Å². The lowest BCUT2D eigenvalue weighted by molar-refractivity contribution is 0.0762. The molecule has 2 aromatic heterocycles. The second kappa shape index (κ2) is 6.00. The third-order valence-electron chi connectivity index (χ3n) is 4.70. The molecule has 0 fully saturated rings. The highest BCUT2D eigenvalue weighted by Gasteiger charge is 2.25. The summed E-state index contributed by atoms with van der Waals surface area (Å²) in [7, 11) is 1.99. The maximum Gasteiger partial charge on any atom is 0.255 e. The first-order valence-electron chi connectivity index (χ1n) is 8.26. The third kappa shape index (κ3) is 2.52. The van der Waals surface area contributed by atoms with Crippen LogP contribution < -0.4 is 0 Å². The molecule has 0 unspecified atom stereocenters. The minimum Gasteiger partial charge on any atom is -0.367 e. The molecule has 5 nitrogen and oxygen atoms in total. The fourth-order valence-electron chi connectivity index (χ4n) is 3.45. The molecule has 0 aliphatic carbocycles. The Balaban J connectivity index is 1.63. The van der Waals surface area contributed by atoms with E-state index in [1.165, 1.54) is 11.3 Å². The van der Waals surface area contributed by atoms with Gasteiger partial charge in [0.25, 0.3) is 5.91 Å². The minimum atomic E-state index is 0.0956. The molecular weight excluding hydrogens is 300 g/mol. The number of H-pyrrole nitrogens is 1. The molecule has 24 heavy (non-hydrogen) atoms. The molecule has 1 amide bonds. The molecule has 1 aliphatic rings. The van der Waals surface area contributed by atoms with Crippen LogP contribution in [0.1, 0.15) is 21.6 Å². The van der Waals surface area contributed by atoms with E-state index in [4.69, 9.17) is 5.10 Å². The third-order valence-corrected chi connectivity index (χ3v) is 4.70. The molecule has 0 atom stereocenters. The van der Waals surface area contributed by atoms with Crippen molar-refractivity contribution >= 4 is 5.91 Å². The Morgan fingerprint density at radius 3 is 2.67 bits per heavy atom. The summed E-state index contributed by atoms with van der Waals surface area (Å²) in [6, 6.07) is 12.1. The molecular formula is C19H20N4O. The Kier molecular flexibility index (Phi) is 3.69. The van der Waals surface area contributed by atoms with Crippen LogP contribution in [0.3, 0.4) is 0 Å². The Bertz CT molecular complexity index is 849. The van der Waals surface area contributed by atoms with Crippen molar-refractivity contribution in [3.8, 4) is 11.3 Å². The van der Waals surface area contributed by atoms with Gasteiger partial charge in [0.1, 0.15) is 0 Å². The molecule has 1 aromatic carbocycles. The van der Waals surface area contributed by atoms with E-state index in [1.54, 1.807) is 12.4 Å². The molecule has 0 bridgehead atoms. The summed E-state index contributed by atoms with van der Waals surface area (Å²) in [5.41, 5.74) is 5.41. The maximum atomic E-state index is 12.6. The number of nitrogens with zero attached hydrogens (tertiary/aromatic N) is 3. The average molecular weight is 320 g/mol. The van der Waals surface area contributed by atoms with E-state index in [0.717, 1.165) is 42.8 Å². The number of aromatic nitrogens is 3. The van der Waals surface area contributed by atoms with E-state index >= 15 is 0 Å². The summed E-state index contributed by atoms with van der Waals surface area (Å²) in [6.07, 6.45) is 5.22. The Morgan fingerprint density at radius 2 is 1.92 bits per heavy atom. The Hall–Kier alpha value is -2.82. The number of hydrogen-bond acceptors (Lipinski definition) is 2. The van der Waals surface area contributed by atoms with Crippen LogP contribution in [0.25, 0.3) is 11.3 Å². The molecule has 1 N–H and O–H groups in total. The number of fused-ring (bicyclic) bond motifs is 1. The van der Waals surface area contributed by atoms with E-state index in [2.05, 4.69) is 17.1 Å². The summed E-state index contributed by atoms with van der Waals surface area (Å²) in [5.74, 6) is 0.0956. The molecule has 3 aromatic rings. The largest absolute Gasteiger partial charge is 0.367 e. The van der Waals surface area contributed by atoms with Gasteiger partial charge in [-0.05, 0) is 12.5 Å². The van der Waals surface area contributed by atoms with Crippen molar-refractivity contribution in [3.05, 3.63) is 65.6 Å². The van der Waals surface area contributed by atoms with Crippen molar-refractivity contribution in [2.45, 2.75) is 12.8 Å². The van der Waals surface area contributed by atoms with Crippen LogP contribution in [0.2, 0.25) is 0 Å². The number of benzene rings is 1. The molecule has 0 spiro atoms. The second-order valence-corrected chi connectivity index (χ2v) is 6.16. The predicted molar refractivity (Wildman–Crippen MR) is 92.7 cm³/mol. The van der Waals surface area contributed by atoms with Crippen LogP contribution in [0.4, 0.5) is 0 Å². The van der Waals surface area contributed by atoms with E-state index in [-0.39, 0.29) is 5.91 Å². The summed E-state index contributed by atoms with van der Waals surface area (Å²) >= 11 is 0. The van der Waals surface area contributed by atoms with Crippen LogP contribution in [0.5, 0.6) is 0 Å². The van der Waals surface area contributed by atoms with Gasteiger partial charge in [-0.25, -0.2) is 0 Å². The first-order valence-corrected chi connectivity index (χ1v) is 8.26. The van der Waals surface area contributed by atoms with Gasteiger partial charge in [0.15, 0.2) is 0 Å². The van der Waals surface area contributed by atoms with Gasteiger partial charge < -0.3 is 9.88 Å². The predicted octanol–water partition coefficient (Wildman–Crippen LogP) is 2.66. The molecule has 5 heteroatoms. The van der Waals surface area contributed by atoms with E-state index < -0.39 is 0 Å². The van der Waals surface area contributed by atoms with Crippen molar-refractivity contribution in [1.82, 2.24) is 19.7 Å². The van der Waals surface area contributed by atoms with Crippen molar-refractivity contribution in [1.29, 1.82) is 0 Å². The zero-order valence-corrected chi connectivity index (χ0v) is 13.7. The van der Waals surface area contributed by atoms with Crippen LogP contribution in [0, 0.1) is 0 Å². The summed E-state index contributed by atoms with van der Waals surface area (Å²) in [4.78, 5) is 17.5. The normalized spacial score (nSPS) is 14.3. The number of nitrogens with one attached hydrogen (secondary N) is 1. The monoisotopic (exact) mass is 320 g/mol. The van der Waals surface area contributed by atoms with Gasteiger partial charge in [-0.2, -0.15) is 5.10 Å². The SMILES string of the molecule is Cn1nc(-c2ccccc2)c2c1CCN(C(=O)c1cc[nH]c1)CC2. The quantitative estimate of drug-likeness (QED) is 0.789. The molecule has 4 rings (SSSR count). The maximum absolute atomic E-state index is 12.6. The summed E-state index contributed by atoms with van der Waals surface area (Å²) < 4.78 is 1.97. The van der Waals surface area contributed by atoms with Gasteiger partial charge in [0.05, 0.1) is 11.3 Å². The Morgan fingerprint density at radius 1 is 1.12 bits per heavy atom. The van der Waals surface area contributed by atoms with Crippen molar-refractivity contribution in [2.75, 3.05) is 13.1 Å². The van der Waals surface area contributed by atoms with E-state index in [9.17, 15) is 4.79 Å². The van der Waals surface area contributed by atoms with Gasteiger partial charge in [-0.15, -0.1) is 0 Å². The molecule has 1 aliphatic heterocycles. The number of aryl methyl sites for hydroxylation is 1. The molecule has 0 saturated carbocycles. The summed E-state index contributed by atoms with van der Waals surface area (Å²) in [5, 5.41) is 4.73. The lowest BCUT2D eigenvalue weighted by Gasteiger charge is -2.19. The highest BCUT2D eigenvalue weighted by Crippen LogP contribution is 2.28. The standard InChI is InChI=1S/C19H20N4O/c1-22-17-9-12-23(19(24)15-7-10-20-13-15)11-8-16(17)18(21-22)14-5-3-2-4-6-14/h2-7,10,13,20H,8-9,11-12H2,1H3. The van der Waals surface area contributed by atoms with E-state index in [0.29, 0.717) is 0 Å². The van der Waals surface area contributed by atoms with Gasteiger partial charge >= 0.3 is 0 Å². The highest BCUT2D eigenvalue weighted by molar-refractivity contribution is 5.94. The fraction of sp³-hybridized carbons (Fsp3) is 0.263. The number of carbonyl (C=O) groups is 1. The first kappa shape index (κ1) is 14.8. The lowest BCUT2D eigenvalue weighted by atomic mass is 10.0. The average Bonchev–Trinajstić information content (AvgIpc) is 3.18. The Labute approximate surface area is 140 Å². The van der Waals surface area contributed by atoms with Crippen molar-refractivity contribution in [3.63, 3.8) is 0 Å². The molecule has 3 heterocycles. The zero-order chi connectivity index (χ0) is 16.5. The highest BCUT2D eigenvalue weighted by atomic mass is 16.2. The van der Waals surface area contributed by atoms with Gasteiger partial charge in [0, 0.05) is 55.8 Å². The fourth-order valence-corrected chi connectivity index (χ4v) is 3.45. The molecule has 0 saturated heterocycles. The number of amides is 1. The topological polar surface area (TPSA) is 53.9 Å². The number of hydrogen-bond donors (Lipinski definition) is 1. The van der Waals surface area contributed by atoms with Gasteiger partial charge in [-0.1, -0.05) is 30.3 Å². The summed E-state index contributed by atoms with van der Waals surface area (Å²) in [6.45, 7) is 1.45. The molecule has 0 radical (unpaired) electrons.